The maximum Gasteiger partial charge on any atom is 0.224 e. The lowest BCUT2D eigenvalue weighted by Crippen LogP contribution is -2.45. The average Bonchev–Trinajstić information content (AvgIpc) is 2.53. The van der Waals surface area contributed by atoms with E-state index in [9.17, 15) is 14.0 Å². The number of nitrogens with zero attached hydrogens (tertiary/aromatic N) is 1. The molecule has 0 spiro atoms. The Morgan fingerprint density at radius 2 is 2.30 bits per heavy atom. The molecule has 0 saturated carbocycles. The number of carbonyl (C=O) groups excluding carboxylic acids is 2. The van der Waals surface area contributed by atoms with E-state index in [1.54, 1.807) is 17.0 Å². The molecule has 1 aliphatic rings. The smallest absolute Gasteiger partial charge is 0.224 e. The zero-order chi connectivity index (χ0) is 16.7. The van der Waals surface area contributed by atoms with Crippen LogP contribution in [-0.2, 0) is 20.9 Å². The molecule has 1 atom stereocenters. The summed E-state index contributed by atoms with van der Waals surface area (Å²) in [4.78, 5) is 25.8. The Balaban J connectivity index is 1.88. The van der Waals surface area contributed by atoms with Crippen molar-refractivity contribution in [2.45, 2.75) is 26.3 Å². The predicted molar refractivity (Wildman–Crippen MR) is 84.0 cm³/mol. The van der Waals surface area contributed by atoms with Crippen molar-refractivity contribution in [2.24, 2.45) is 5.92 Å². The normalized spacial score (nSPS) is 18.1. The van der Waals surface area contributed by atoms with E-state index < -0.39 is 0 Å². The molecule has 0 unspecified atom stereocenters. The van der Waals surface area contributed by atoms with E-state index in [2.05, 4.69) is 5.32 Å². The number of likely N-dealkylation sites (tertiary alicyclic amines) is 1. The fourth-order valence-electron chi connectivity index (χ4n) is 2.67. The number of halogens is 1. The van der Waals surface area contributed by atoms with E-state index in [0.717, 1.165) is 5.56 Å². The van der Waals surface area contributed by atoms with Gasteiger partial charge in [-0.05, 0) is 31.0 Å². The Morgan fingerprint density at radius 3 is 3.04 bits per heavy atom. The minimum absolute atomic E-state index is 0.00706. The van der Waals surface area contributed by atoms with Crippen LogP contribution in [-0.4, -0.2) is 43.0 Å². The lowest BCUT2D eigenvalue weighted by Gasteiger charge is -2.32. The number of benzene rings is 1. The first kappa shape index (κ1) is 17.4. The Morgan fingerprint density at radius 1 is 1.48 bits per heavy atom. The summed E-state index contributed by atoms with van der Waals surface area (Å²) in [6, 6.07) is 6.19. The van der Waals surface area contributed by atoms with Crippen molar-refractivity contribution in [3.05, 3.63) is 35.6 Å². The number of nitrogens with one attached hydrogen (secondary N) is 1. The molecule has 1 aliphatic heterocycles. The summed E-state index contributed by atoms with van der Waals surface area (Å²) in [5.74, 6) is -0.589. The largest absolute Gasteiger partial charge is 0.380 e. The maximum atomic E-state index is 13.2. The molecule has 1 aromatic rings. The molecule has 5 nitrogen and oxygen atoms in total. The third-order valence-electron chi connectivity index (χ3n) is 3.88. The van der Waals surface area contributed by atoms with Crippen LogP contribution in [0.2, 0.25) is 0 Å². The van der Waals surface area contributed by atoms with E-state index in [0.29, 0.717) is 45.7 Å². The summed E-state index contributed by atoms with van der Waals surface area (Å²) < 4.78 is 18.4. The number of ether oxygens (including phenoxy) is 1. The van der Waals surface area contributed by atoms with Crippen LogP contribution in [0, 0.1) is 11.7 Å². The topological polar surface area (TPSA) is 58.6 Å². The van der Waals surface area contributed by atoms with Crippen LogP contribution in [0.15, 0.2) is 24.3 Å². The van der Waals surface area contributed by atoms with Crippen molar-refractivity contribution in [1.29, 1.82) is 0 Å². The van der Waals surface area contributed by atoms with Crippen LogP contribution in [0.1, 0.15) is 25.3 Å². The zero-order valence-electron chi connectivity index (χ0n) is 13.4. The maximum absolute atomic E-state index is 13.2. The van der Waals surface area contributed by atoms with Gasteiger partial charge in [0.05, 0.1) is 12.5 Å². The molecular weight excluding hydrogens is 299 g/mol. The van der Waals surface area contributed by atoms with Crippen LogP contribution < -0.4 is 5.32 Å². The zero-order valence-corrected chi connectivity index (χ0v) is 13.4. The van der Waals surface area contributed by atoms with Gasteiger partial charge in [-0.3, -0.25) is 9.59 Å². The van der Waals surface area contributed by atoms with Gasteiger partial charge >= 0.3 is 0 Å². The van der Waals surface area contributed by atoms with Crippen molar-refractivity contribution < 1.29 is 18.7 Å². The first-order chi connectivity index (χ1) is 11.1. The molecule has 1 aromatic carbocycles. The van der Waals surface area contributed by atoms with Gasteiger partial charge in [-0.2, -0.15) is 0 Å². The van der Waals surface area contributed by atoms with Crippen LogP contribution in [0.4, 0.5) is 4.39 Å². The monoisotopic (exact) mass is 322 g/mol. The van der Waals surface area contributed by atoms with E-state index in [1.165, 1.54) is 12.1 Å². The van der Waals surface area contributed by atoms with E-state index in [1.807, 2.05) is 6.92 Å². The van der Waals surface area contributed by atoms with Gasteiger partial charge in [-0.1, -0.05) is 12.1 Å². The number of rotatable bonds is 7. The number of hydrogen-bond donors (Lipinski definition) is 1. The second kappa shape index (κ2) is 8.62. The Labute approximate surface area is 135 Å². The number of hydrogen-bond acceptors (Lipinski definition) is 3. The van der Waals surface area contributed by atoms with Gasteiger partial charge in [0, 0.05) is 32.7 Å². The van der Waals surface area contributed by atoms with Gasteiger partial charge in [0.2, 0.25) is 11.8 Å². The van der Waals surface area contributed by atoms with Gasteiger partial charge in [0.15, 0.2) is 0 Å². The van der Waals surface area contributed by atoms with Gasteiger partial charge in [0.25, 0.3) is 0 Å². The van der Waals surface area contributed by atoms with Gasteiger partial charge < -0.3 is 15.0 Å². The quantitative estimate of drug-likeness (QED) is 0.778. The van der Waals surface area contributed by atoms with Crippen molar-refractivity contribution in [3.63, 3.8) is 0 Å². The third-order valence-corrected chi connectivity index (χ3v) is 3.88. The lowest BCUT2D eigenvalue weighted by molar-refractivity contribution is -0.139. The van der Waals surface area contributed by atoms with Gasteiger partial charge in [-0.15, -0.1) is 0 Å². The number of piperidine rings is 1. The summed E-state index contributed by atoms with van der Waals surface area (Å²) in [7, 11) is 0. The van der Waals surface area contributed by atoms with E-state index in [-0.39, 0.29) is 23.5 Å². The van der Waals surface area contributed by atoms with Crippen LogP contribution in [0.5, 0.6) is 0 Å². The van der Waals surface area contributed by atoms with Gasteiger partial charge in [0.1, 0.15) is 5.82 Å². The summed E-state index contributed by atoms with van der Waals surface area (Å²) >= 11 is 0. The summed E-state index contributed by atoms with van der Waals surface area (Å²) in [6.45, 7) is 4.19. The average molecular weight is 322 g/mol. The van der Waals surface area contributed by atoms with Crippen molar-refractivity contribution in [1.82, 2.24) is 10.2 Å². The molecule has 6 heteroatoms. The van der Waals surface area contributed by atoms with Crippen molar-refractivity contribution in [3.8, 4) is 0 Å². The first-order valence-corrected chi connectivity index (χ1v) is 7.97. The van der Waals surface area contributed by atoms with Crippen LogP contribution in [0.25, 0.3) is 0 Å². The molecule has 126 valence electrons. The molecule has 1 saturated heterocycles. The highest BCUT2D eigenvalue weighted by molar-refractivity contribution is 5.83. The second-order valence-electron chi connectivity index (χ2n) is 5.63. The predicted octanol–water partition coefficient (Wildman–Crippen LogP) is 1.72. The highest BCUT2D eigenvalue weighted by atomic mass is 19.1. The minimum atomic E-state index is -0.322. The van der Waals surface area contributed by atoms with Crippen molar-refractivity contribution >= 4 is 11.8 Å². The fraction of sp³-hybridized carbons (Fsp3) is 0.529. The number of amides is 2. The molecular formula is C17H23FN2O3. The minimum Gasteiger partial charge on any atom is -0.380 e. The molecule has 23 heavy (non-hydrogen) atoms. The lowest BCUT2D eigenvalue weighted by atomic mass is 9.96. The number of carbonyl (C=O) groups is 2. The van der Waals surface area contributed by atoms with Crippen molar-refractivity contribution in [2.75, 3.05) is 26.3 Å². The molecule has 0 aliphatic carbocycles. The summed E-state index contributed by atoms with van der Waals surface area (Å²) in [5, 5.41) is 2.83. The molecule has 0 bridgehead atoms. The summed E-state index contributed by atoms with van der Waals surface area (Å²) in [6.07, 6.45) is 0.901. The molecule has 1 heterocycles. The Bertz CT molecular complexity index is 550. The third kappa shape index (κ3) is 5.32. The van der Waals surface area contributed by atoms with Crippen LogP contribution in [0.3, 0.4) is 0 Å². The molecule has 1 N–H and O–H groups in total. The first-order valence-electron chi connectivity index (χ1n) is 7.97. The fourth-order valence-corrected chi connectivity index (χ4v) is 2.67. The highest BCUT2D eigenvalue weighted by Crippen LogP contribution is 2.20. The van der Waals surface area contributed by atoms with E-state index in [4.69, 9.17) is 4.74 Å². The molecule has 0 aromatic heterocycles. The second-order valence-corrected chi connectivity index (χ2v) is 5.63. The van der Waals surface area contributed by atoms with Crippen LogP contribution >= 0.6 is 0 Å². The summed E-state index contributed by atoms with van der Waals surface area (Å²) in [5.41, 5.74) is 0.732. The molecule has 2 amide bonds. The Kier molecular flexibility index (Phi) is 6.52. The van der Waals surface area contributed by atoms with Gasteiger partial charge in [-0.25, -0.2) is 4.39 Å². The Hall–Kier alpha value is -1.95. The molecule has 0 radical (unpaired) electrons. The molecule has 2 rings (SSSR count). The standard InChI is InChI=1S/C17H23FN2O3/c1-2-23-9-8-19-17(22)14-6-7-16(21)20(12-14)11-13-4-3-5-15(18)10-13/h3-5,10,14H,2,6-9,11-12H2,1H3,(H,19,22)/t14-/m0/s1. The van der Waals surface area contributed by atoms with E-state index >= 15 is 0 Å². The SMILES string of the molecule is CCOCCNC(=O)[C@H]1CCC(=O)N(Cc2cccc(F)c2)C1. The molecule has 1 fully saturated rings. The highest BCUT2D eigenvalue weighted by Gasteiger charge is 2.30.